The van der Waals surface area contributed by atoms with Gasteiger partial charge in [-0.3, -0.25) is 4.90 Å². The highest BCUT2D eigenvalue weighted by molar-refractivity contribution is 4.91. The maximum Gasteiger partial charge on any atom is 0.0246 e. The van der Waals surface area contributed by atoms with Gasteiger partial charge >= 0.3 is 0 Å². The lowest BCUT2D eigenvalue weighted by molar-refractivity contribution is 0.0775. The Hall–Kier alpha value is -0.0800. The highest BCUT2D eigenvalue weighted by Crippen LogP contribution is 2.39. The van der Waals surface area contributed by atoms with Gasteiger partial charge in [0, 0.05) is 12.6 Å². The lowest BCUT2D eigenvalue weighted by atomic mass is 9.75. The molecular formula is C14H28N2. The van der Waals surface area contributed by atoms with Crippen LogP contribution in [0.4, 0.5) is 0 Å². The van der Waals surface area contributed by atoms with Crippen LogP contribution in [-0.4, -0.2) is 30.6 Å². The summed E-state index contributed by atoms with van der Waals surface area (Å²) in [7, 11) is 0. The molecule has 1 heterocycles. The molecule has 0 bridgehead atoms. The van der Waals surface area contributed by atoms with Crippen molar-refractivity contribution in [2.75, 3.05) is 19.6 Å². The van der Waals surface area contributed by atoms with Crippen molar-refractivity contribution in [3.63, 3.8) is 0 Å². The first-order valence-corrected chi connectivity index (χ1v) is 6.96. The fraction of sp³-hybridized carbons (Fsp3) is 1.00. The Morgan fingerprint density at radius 1 is 1.12 bits per heavy atom. The van der Waals surface area contributed by atoms with E-state index in [9.17, 15) is 0 Å². The van der Waals surface area contributed by atoms with E-state index in [1.54, 1.807) is 0 Å². The minimum absolute atomic E-state index is 0.490. The summed E-state index contributed by atoms with van der Waals surface area (Å²) in [5.74, 6) is 1.83. The molecule has 0 aromatic rings. The fourth-order valence-corrected chi connectivity index (χ4v) is 3.22. The minimum Gasteiger partial charge on any atom is -0.329 e. The van der Waals surface area contributed by atoms with E-state index in [1.165, 1.54) is 38.8 Å². The van der Waals surface area contributed by atoms with Gasteiger partial charge in [-0.1, -0.05) is 20.8 Å². The van der Waals surface area contributed by atoms with E-state index in [-0.39, 0.29) is 0 Å². The van der Waals surface area contributed by atoms with Crippen molar-refractivity contribution in [1.82, 2.24) is 4.90 Å². The SMILES string of the molecule is CC(C)(C)C1CCN(C(CN)C2CC2)CC1. The topological polar surface area (TPSA) is 29.3 Å². The summed E-state index contributed by atoms with van der Waals surface area (Å²) < 4.78 is 0. The van der Waals surface area contributed by atoms with Gasteiger partial charge in [-0.15, -0.1) is 0 Å². The Balaban J connectivity index is 1.84. The van der Waals surface area contributed by atoms with Crippen molar-refractivity contribution >= 4 is 0 Å². The summed E-state index contributed by atoms with van der Waals surface area (Å²) in [6.07, 6.45) is 5.57. The molecule has 94 valence electrons. The van der Waals surface area contributed by atoms with E-state index < -0.39 is 0 Å². The van der Waals surface area contributed by atoms with Gasteiger partial charge in [0.1, 0.15) is 0 Å². The lowest BCUT2D eigenvalue weighted by Gasteiger charge is -2.41. The molecule has 0 amide bonds. The van der Waals surface area contributed by atoms with Crippen molar-refractivity contribution in [3.05, 3.63) is 0 Å². The second-order valence-electron chi connectivity index (χ2n) is 6.82. The maximum atomic E-state index is 5.92. The molecule has 2 rings (SSSR count). The van der Waals surface area contributed by atoms with Crippen LogP contribution in [0.1, 0.15) is 46.5 Å². The van der Waals surface area contributed by atoms with Crippen molar-refractivity contribution in [3.8, 4) is 0 Å². The van der Waals surface area contributed by atoms with Crippen LogP contribution < -0.4 is 5.73 Å². The van der Waals surface area contributed by atoms with E-state index in [0.29, 0.717) is 11.5 Å². The molecule has 2 fully saturated rings. The summed E-state index contributed by atoms with van der Waals surface area (Å²) in [5.41, 5.74) is 6.41. The standard InChI is InChI=1S/C14H28N2/c1-14(2,3)12-6-8-16(9-7-12)13(10-15)11-4-5-11/h11-13H,4-10,15H2,1-3H3. The predicted octanol–water partition coefficient (Wildman–Crippen LogP) is 2.48. The molecule has 1 atom stereocenters. The van der Waals surface area contributed by atoms with E-state index in [1.807, 2.05) is 0 Å². The third kappa shape index (κ3) is 2.78. The zero-order valence-corrected chi connectivity index (χ0v) is 11.2. The number of piperidine rings is 1. The molecule has 1 saturated heterocycles. The molecule has 2 aliphatic rings. The molecule has 1 aliphatic carbocycles. The zero-order valence-electron chi connectivity index (χ0n) is 11.2. The Morgan fingerprint density at radius 3 is 2.06 bits per heavy atom. The third-order valence-electron chi connectivity index (χ3n) is 4.63. The predicted molar refractivity (Wildman–Crippen MR) is 69.3 cm³/mol. The summed E-state index contributed by atoms with van der Waals surface area (Å²) >= 11 is 0. The maximum absolute atomic E-state index is 5.92. The first kappa shape index (κ1) is 12.4. The smallest absolute Gasteiger partial charge is 0.0246 e. The summed E-state index contributed by atoms with van der Waals surface area (Å²) in [6, 6.07) is 0.695. The van der Waals surface area contributed by atoms with Gasteiger partial charge in [-0.25, -0.2) is 0 Å². The molecule has 2 N–H and O–H groups in total. The number of hydrogen-bond donors (Lipinski definition) is 1. The van der Waals surface area contributed by atoms with Gasteiger partial charge in [0.15, 0.2) is 0 Å². The first-order valence-electron chi connectivity index (χ1n) is 6.96. The van der Waals surface area contributed by atoms with Crippen LogP contribution in [0.2, 0.25) is 0 Å². The highest BCUT2D eigenvalue weighted by atomic mass is 15.2. The zero-order chi connectivity index (χ0) is 11.8. The second-order valence-corrected chi connectivity index (χ2v) is 6.82. The molecule has 16 heavy (non-hydrogen) atoms. The molecule has 0 radical (unpaired) electrons. The van der Waals surface area contributed by atoms with Gasteiger partial charge in [0.25, 0.3) is 0 Å². The molecule has 1 aliphatic heterocycles. The van der Waals surface area contributed by atoms with Crippen molar-refractivity contribution < 1.29 is 0 Å². The van der Waals surface area contributed by atoms with Crippen LogP contribution in [0.5, 0.6) is 0 Å². The highest BCUT2D eigenvalue weighted by Gasteiger charge is 2.37. The van der Waals surface area contributed by atoms with Crippen LogP contribution >= 0.6 is 0 Å². The van der Waals surface area contributed by atoms with E-state index in [2.05, 4.69) is 25.7 Å². The lowest BCUT2D eigenvalue weighted by Crippen LogP contribution is -2.47. The molecule has 0 aromatic carbocycles. The number of nitrogens with zero attached hydrogens (tertiary/aromatic N) is 1. The fourth-order valence-electron chi connectivity index (χ4n) is 3.22. The molecule has 0 spiro atoms. The van der Waals surface area contributed by atoms with Crippen LogP contribution in [0, 0.1) is 17.3 Å². The second kappa shape index (κ2) is 4.66. The number of hydrogen-bond acceptors (Lipinski definition) is 2. The van der Waals surface area contributed by atoms with Crippen molar-refractivity contribution in [1.29, 1.82) is 0 Å². The quantitative estimate of drug-likeness (QED) is 0.798. The Kier molecular flexibility index (Phi) is 3.60. The van der Waals surface area contributed by atoms with Crippen LogP contribution in [0.25, 0.3) is 0 Å². The average molecular weight is 224 g/mol. The van der Waals surface area contributed by atoms with E-state index in [0.717, 1.165) is 18.4 Å². The Bertz CT molecular complexity index is 219. The van der Waals surface area contributed by atoms with Crippen LogP contribution in [-0.2, 0) is 0 Å². The van der Waals surface area contributed by atoms with Crippen molar-refractivity contribution in [2.45, 2.75) is 52.5 Å². The monoisotopic (exact) mass is 224 g/mol. The molecule has 0 aromatic heterocycles. The number of likely N-dealkylation sites (tertiary alicyclic amines) is 1. The van der Waals surface area contributed by atoms with E-state index in [4.69, 9.17) is 5.73 Å². The van der Waals surface area contributed by atoms with Gasteiger partial charge in [0.2, 0.25) is 0 Å². The van der Waals surface area contributed by atoms with E-state index >= 15 is 0 Å². The first-order chi connectivity index (χ1) is 7.52. The average Bonchev–Trinajstić information content (AvgIpc) is 3.03. The number of nitrogens with two attached hydrogens (primary N) is 1. The van der Waals surface area contributed by atoms with Gasteiger partial charge < -0.3 is 5.73 Å². The largest absolute Gasteiger partial charge is 0.329 e. The number of rotatable bonds is 3. The van der Waals surface area contributed by atoms with Gasteiger partial charge in [-0.2, -0.15) is 0 Å². The normalized spacial score (nSPS) is 27.0. The molecule has 1 saturated carbocycles. The van der Waals surface area contributed by atoms with Crippen LogP contribution in [0.15, 0.2) is 0 Å². The Labute approximate surface area is 101 Å². The minimum atomic E-state index is 0.490. The molecule has 2 nitrogen and oxygen atoms in total. The third-order valence-corrected chi connectivity index (χ3v) is 4.63. The summed E-state index contributed by atoms with van der Waals surface area (Å²) in [4.78, 5) is 2.67. The van der Waals surface area contributed by atoms with Crippen molar-refractivity contribution in [2.24, 2.45) is 23.0 Å². The molecular weight excluding hydrogens is 196 g/mol. The summed E-state index contributed by atoms with van der Waals surface area (Å²) in [5, 5.41) is 0. The van der Waals surface area contributed by atoms with Gasteiger partial charge in [-0.05, 0) is 56.0 Å². The van der Waals surface area contributed by atoms with Crippen LogP contribution in [0.3, 0.4) is 0 Å². The van der Waals surface area contributed by atoms with Gasteiger partial charge in [0.05, 0.1) is 0 Å². The Morgan fingerprint density at radius 2 is 1.69 bits per heavy atom. The molecule has 2 heteroatoms. The summed E-state index contributed by atoms with van der Waals surface area (Å²) in [6.45, 7) is 10.6. The molecule has 1 unspecified atom stereocenters.